The fourth-order valence-corrected chi connectivity index (χ4v) is 12.7. The Labute approximate surface area is 509 Å². The molecular weight excluding hydrogens is 1080 g/mol. The van der Waals surface area contributed by atoms with E-state index >= 15 is 0 Å². The van der Waals surface area contributed by atoms with E-state index in [9.17, 15) is 2.74 Å². The first-order chi connectivity index (χ1) is 44.4. The number of aromatic nitrogens is 10. The number of hydrogen-bond acceptors (Lipinski definition) is 6. The zero-order valence-corrected chi connectivity index (χ0v) is 47.4. The van der Waals surface area contributed by atoms with E-state index in [1.165, 1.54) is 0 Å². The van der Waals surface area contributed by atoms with Gasteiger partial charge in [0, 0.05) is 48.9 Å². The van der Waals surface area contributed by atoms with E-state index in [4.69, 9.17) is 29.9 Å². The number of nitrogens with zero attached hydrogens (tertiary/aromatic N) is 10. The molecule has 0 atom stereocenters. The van der Waals surface area contributed by atoms with Crippen molar-refractivity contribution in [3.05, 3.63) is 314 Å². The van der Waals surface area contributed by atoms with Gasteiger partial charge in [-0.25, -0.2) is 29.9 Å². The topological polar surface area (TPSA) is 96.0 Å². The van der Waals surface area contributed by atoms with E-state index in [2.05, 4.69) is 145 Å². The van der Waals surface area contributed by atoms with Crippen molar-refractivity contribution in [2.75, 3.05) is 0 Å². The molecule has 0 radical (unpaired) electrons. The smallest absolute Gasteiger partial charge is 0.220 e. The Hall–Kier alpha value is -11.9. The highest BCUT2D eigenvalue weighted by atomic mass is 15.2. The summed E-state index contributed by atoms with van der Waals surface area (Å²) in [6.45, 7) is 0. The fourth-order valence-electron chi connectivity index (χ4n) is 12.7. The molecule has 0 N–H and O–H groups in total. The van der Waals surface area contributed by atoms with Gasteiger partial charge in [0.25, 0.3) is 0 Å². The van der Waals surface area contributed by atoms with Gasteiger partial charge in [-0.1, -0.05) is 237 Å². The first-order valence-electron chi connectivity index (χ1n) is 30.5. The quantitative estimate of drug-likeness (QED) is 0.121. The van der Waals surface area contributed by atoms with E-state index in [-0.39, 0.29) is 5.69 Å². The molecule has 0 aliphatic rings. The molecule has 6 heterocycles. The van der Waals surface area contributed by atoms with E-state index in [1.807, 2.05) is 164 Å². The molecule has 10 heteroatoms. The van der Waals surface area contributed by atoms with Crippen molar-refractivity contribution >= 4 is 55.7 Å². The Morgan fingerprint density at radius 1 is 0.261 bits per heavy atom. The van der Waals surface area contributed by atoms with Crippen molar-refractivity contribution in [1.82, 2.24) is 47.8 Å². The van der Waals surface area contributed by atoms with Gasteiger partial charge in [0.2, 0.25) is 11.6 Å². The maximum atomic E-state index is 10.4. The maximum absolute atomic E-state index is 10.4. The lowest BCUT2D eigenvalue weighted by molar-refractivity contribution is 1.05. The lowest BCUT2D eigenvalue weighted by Crippen LogP contribution is -2.05. The van der Waals surface area contributed by atoms with Crippen LogP contribution in [0.5, 0.6) is 0 Å². The number of hydrogen-bond donors (Lipinski definition) is 0. The summed E-state index contributed by atoms with van der Waals surface area (Å²) in [6.07, 6.45) is -1.72. The molecule has 17 aromatic rings. The van der Waals surface area contributed by atoms with Crippen molar-refractivity contribution in [1.29, 1.82) is 0 Å². The van der Waals surface area contributed by atoms with E-state index in [1.54, 1.807) is 0 Å². The van der Waals surface area contributed by atoms with Crippen molar-refractivity contribution in [2.24, 2.45) is 0 Å². The second-order valence-corrected chi connectivity index (χ2v) is 22.0. The van der Waals surface area contributed by atoms with Crippen LogP contribution in [-0.4, -0.2) is 47.8 Å². The van der Waals surface area contributed by atoms with Crippen LogP contribution in [0.1, 0.15) is 25.3 Å². The summed E-state index contributed by atoms with van der Waals surface area (Å²) in [4.78, 5) is 33.0. The minimum atomic E-state index is -2.19. The number of para-hydroxylation sites is 6. The standard InChI is InChI=1S/C78H52N10/c1-7-26-51(27-8-1)69-61(79-73(53-30-11-3-12-31-53)75(81-69)55-34-15-5-16-35-55)48-57-38-23-46-67-71(57)83-77-85(63-42-19-21-44-65(63)87(67)77)59-40-25-41-60(50-59)86-64-43-20-22-45-66(64)88-68-47-24-39-58(72(68)84-78(86)88)49-62-70(52-28-9-2-10-29-52)82-76(56-36-17-6-18-37-56)74(80-62)54-32-13-4-14-33-54/h1-47,50H,48-49H2/i48D2. The van der Waals surface area contributed by atoms with Crippen LogP contribution in [0.25, 0.3) is 135 Å². The van der Waals surface area contributed by atoms with Crippen molar-refractivity contribution in [2.45, 2.75) is 12.8 Å². The molecule has 0 unspecified atom stereocenters. The first kappa shape index (κ1) is 48.5. The van der Waals surface area contributed by atoms with Crippen LogP contribution in [0.2, 0.25) is 0 Å². The molecule has 0 fully saturated rings. The highest BCUT2D eigenvalue weighted by Gasteiger charge is 2.26. The summed E-state index contributed by atoms with van der Waals surface area (Å²) in [6, 6.07) is 98.3. The van der Waals surface area contributed by atoms with Gasteiger partial charge in [-0.2, -0.15) is 0 Å². The van der Waals surface area contributed by atoms with Gasteiger partial charge in [-0.15, -0.1) is 0 Å². The normalized spacial score (nSPS) is 12.2. The zero-order valence-electron chi connectivity index (χ0n) is 49.4. The van der Waals surface area contributed by atoms with Gasteiger partial charge in [0.05, 0.1) is 101 Å². The van der Waals surface area contributed by atoms with Crippen LogP contribution >= 0.6 is 0 Å². The molecule has 0 amide bonds. The number of imidazole rings is 4. The third-order valence-corrected chi connectivity index (χ3v) is 16.6. The van der Waals surface area contributed by atoms with Crippen LogP contribution in [0.3, 0.4) is 0 Å². The monoisotopic (exact) mass is 1130 g/mol. The number of benzene rings is 11. The van der Waals surface area contributed by atoms with Crippen LogP contribution in [0, 0.1) is 0 Å². The Balaban J connectivity index is 0.822. The average Bonchev–Trinajstić information content (AvgIpc) is 1.56. The summed E-state index contributed by atoms with van der Waals surface area (Å²) in [5.74, 6) is 1.40. The second-order valence-electron chi connectivity index (χ2n) is 22.0. The Morgan fingerprint density at radius 2 is 0.580 bits per heavy atom. The van der Waals surface area contributed by atoms with Crippen LogP contribution in [-0.2, 0) is 12.8 Å². The molecule has 10 nitrogen and oxygen atoms in total. The highest BCUT2D eigenvalue weighted by Crippen LogP contribution is 2.40. The van der Waals surface area contributed by atoms with Gasteiger partial charge >= 0.3 is 0 Å². The third kappa shape index (κ3) is 8.48. The van der Waals surface area contributed by atoms with Crippen molar-refractivity contribution in [3.63, 3.8) is 0 Å². The van der Waals surface area contributed by atoms with E-state index < -0.39 is 6.37 Å². The van der Waals surface area contributed by atoms with Crippen molar-refractivity contribution < 1.29 is 2.74 Å². The van der Waals surface area contributed by atoms with Gasteiger partial charge in [-0.3, -0.25) is 17.9 Å². The third-order valence-electron chi connectivity index (χ3n) is 16.6. The summed E-state index contributed by atoms with van der Waals surface area (Å²) >= 11 is 0. The molecule has 17 rings (SSSR count). The molecule has 0 aliphatic carbocycles. The number of fused-ring (bicyclic) bond motifs is 10. The van der Waals surface area contributed by atoms with Gasteiger partial charge < -0.3 is 0 Å². The largest absolute Gasteiger partial charge is 0.278 e. The lowest BCUT2D eigenvalue weighted by Gasteiger charge is -2.16. The summed E-state index contributed by atoms with van der Waals surface area (Å²) in [7, 11) is 0. The van der Waals surface area contributed by atoms with Gasteiger partial charge in [0.15, 0.2) is 0 Å². The molecule has 0 saturated heterocycles. The Kier molecular flexibility index (Phi) is 11.6. The molecule has 0 bridgehead atoms. The fraction of sp³-hybridized carbons (Fsp3) is 0.0256. The van der Waals surface area contributed by atoms with E-state index in [0.717, 1.165) is 117 Å². The summed E-state index contributed by atoms with van der Waals surface area (Å²) in [5, 5.41) is 0. The maximum Gasteiger partial charge on any atom is 0.220 e. The molecule has 6 aromatic heterocycles. The second kappa shape index (κ2) is 21.0. The molecule has 0 spiro atoms. The van der Waals surface area contributed by atoms with E-state index in [0.29, 0.717) is 40.4 Å². The number of rotatable bonds is 12. The van der Waals surface area contributed by atoms with Crippen LogP contribution in [0.4, 0.5) is 0 Å². The van der Waals surface area contributed by atoms with Crippen molar-refractivity contribution in [3.8, 4) is 78.9 Å². The highest BCUT2D eigenvalue weighted by molar-refractivity contribution is 5.96. The summed E-state index contributed by atoms with van der Waals surface area (Å²) < 4.78 is 29.6. The van der Waals surface area contributed by atoms with Gasteiger partial charge in [-0.05, 0) is 65.7 Å². The summed E-state index contributed by atoms with van der Waals surface area (Å²) in [5.41, 5.74) is 20.9. The first-order valence-corrected chi connectivity index (χ1v) is 29.5. The Morgan fingerprint density at radius 3 is 1.01 bits per heavy atom. The molecule has 11 aromatic carbocycles. The predicted octanol–water partition coefficient (Wildman–Crippen LogP) is 17.9. The molecule has 414 valence electrons. The predicted molar refractivity (Wildman–Crippen MR) is 355 cm³/mol. The SMILES string of the molecule is [2H]C([2H])(c1nc(-c2ccccc2)c(-c2ccccc2)nc1-c1ccccc1)c1cccc2c1nc1n(-c3cccc(-n4c5ccccc5n5c6cccc(Cc7nc(-c8ccccc8)c(-c8ccccc8)nc7-c7ccccc7)c6nc45)c3)c3ccccc3n21. The van der Waals surface area contributed by atoms with Crippen LogP contribution < -0.4 is 0 Å². The molecular formula is C78H52N10. The Bertz CT molecular complexity index is 5590. The zero-order chi connectivity index (χ0) is 59.9. The minimum Gasteiger partial charge on any atom is -0.278 e. The molecule has 88 heavy (non-hydrogen) atoms. The van der Waals surface area contributed by atoms with Crippen LogP contribution in [0.15, 0.2) is 291 Å². The molecule has 0 aliphatic heterocycles. The lowest BCUT2D eigenvalue weighted by atomic mass is 9.99. The van der Waals surface area contributed by atoms with Gasteiger partial charge in [0.1, 0.15) is 0 Å². The average molecular weight is 1130 g/mol. The minimum absolute atomic E-state index is 0.196. The molecule has 0 saturated carbocycles.